The molecule has 0 aromatic heterocycles. The quantitative estimate of drug-likeness (QED) is 0.893. The van der Waals surface area contributed by atoms with Gasteiger partial charge >= 0.3 is 5.97 Å². The molecule has 20 heavy (non-hydrogen) atoms. The lowest BCUT2D eigenvalue weighted by molar-refractivity contribution is -0.138. The maximum absolute atomic E-state index is 11.0. The molecule has 1 heterocycles. The summed E-state index contributed by atoms with van der Waals surface area (Å²) in [4.78, 5) is 10.8. The maximum atomic E-state index is 11.0. The second-order valence-corrected chi connectivity index (χ2v) is 7.95. The van der Waals surface area contributed by atoms with Crippen molar-refractivity contribution in [2.24, 2.45) is 0 Å². The van der Waals surface area contributed by atoms with Crippen molar-refractivity contribution in [2.75, 3.05) is 11.5 Å². The molecule has 1 aliphatic heterocycles. The van der Waals surface area contributed by atoms with Gasteiger partial charge in [-0.3, -0.25) is 4.79 Å². The third kappa shape index (κ3) is 3.50. The topological polar surface area (TPSA) is 80.7 Å². The highest BCUT2D eigenvalue weighted by Gasteiger charge is 2.35. The zero-order valence-electron chi connectivity index (χ0n) is 11.5. The lowest BCUT2D eigenvalue weighted by atomic mass is 9.82. The Morgan fingerprint density at radius 1 is 1.30 bits per heavy atom. The number of rotatable bonds is 5. The molecule has 5 nitrogen and oxygen atoms in total. The van der Waals surface area contributed by atoms with Crippen molar-refractivity contribution in [1.82, 2.24) is 0 Å². The number of aliphatic carboxylic acids is 1. The van der Waals surface area contributed by atoms with E-state index in [2.05, 4.69) is 0 Å². The zero-order chi connectivity index (χ0) is 15.0. The molecule has 0 amide bonds. The van der Waals surface area contributed by atoms with Gasteiger partial charge in [0.2, 0.25) is 0 Å². The van der Waals surface area contributed by atoms with Crippen molar-refractivity contribution in [3.8, 4) is 5.75 Å². The van der Waals surface area contributed by atoms with Crippen LogP contribution in [0.5, 0.6) is 5.75 Å². The summed E-state index contributed by atoms with van der Waals surface area (Å²) in [6, 6.07) is 7.16. The molecule has 1 aromatic carbocycles. The van der Waals surface area contributed by atoms with Crippen LogP contribution in [0.3, 0.4) is 0 Å². The first-order chi connectivity index (χ1) is 9.18. The second-order valence-electron chi connectivity index (χ2n) is 5.80. The summed E-state index contributed by atoms with van der Waals surface area (Å²) in [7, 11) is -2.89. The van der Waals surface area contributed by atoms with Crippen molar-refractivity contribution >= 4 is 15.8 Å². The molecule has 0 unspecified atom stereocenters. The fraction of sp³-hybridized carbons (Fsp3) is 0.500. The number of sulfone groups is 1. The predicted molar refractivity (Wildman–Crippen MR) is 74.8 cm³/mol. The Hall–Kier alpha value is -1.56. The van der Waals surface area contributed by atoms with Crippen molar-refractivity contribution in [1.29, 1.82) is 0 Å². The zero-order valence-corrected chi connectivity index (χ0v) is 12.3. The Balaban J connectivity index is 2.01. The largest absolute Gasteiger partial charge is 0.488 e. The lowest BCUT2D eigenvalue weighted by Gasteiger charge is -2.27. The first kappa shape index (κ1) is 14.8. The summed E-state index contributed by atoms with van der Waals surface area (Å²) in [6.07, 6.45) is -0.216. The van der Waals surface area contributed by atoms with Crippen LogP contribution in [0.2, 0.25) is 0 Å². The molecule has 2 rings (SSSR count). The standard InChI is InChI=1S/C14H18O5S/c1-14(2,7-13(15)16)10-3-5-11(6-4-10)19-12-8-20(17,18)9-12/h3-6,12H,7-9H2,1-2H3,(H,15,16). The minimum absolute atomic E-state index is 0.0497. The molecule has 1 fully saturated rings. The van der Waals surface area contributed by atoms with Gasteiger partial charge in [-0.05, 0) is 17.7 Å². The first-order valence-electron chi connectivity index (χ1n) is 6.37. The van der Waals surface area contributed by atoms with Gasteiger partial charge in [-0.2, -0.15) is 0 Å². The van der Waals surface area contributed by atoms with E-state index in [9.17, 15) is 13.2 Å². The van der Waals surface area contributed by atoms with Crippen LogP contribution in [0.25, 0.3) is 0 Å². The van der Waals surface area contributed by atoms with Gasteiger partial charge in [-0.1, -0.05) is 26.0 Å². The van der Waals surface area contributed by atoms with Gasteiger partial charge in [0.15, 0.2) is 9.84 Å². The second kappa shape index (κ2) is 5.09. The van der Waals surface area contributed by atoms with E-state index in [1.54, 1.807) is 12.1 Å². The Morgan fingerprint density at radius 3 is 2.30 bits per heavy atom. The predicted octanol–water partition coefficient (Wildman–Crippen LogP) is 1.61. The van der Waals surface area contributed by atoms with E-state index in [4.69, 9.17) is 9.84 Å². The summed E-state index contributed by atoms with van der Waals surface area (Å²) in [6.45, 7) is 3.74. The number of carboxylic acids is 1. The molecule has 6 heteroatoms. The highest BCUT2D eigenvalue weighted by atomic mass is 32.2. The SMILES string of the molecule is CC(C)(CC(=O)O)c1ccc(OC2CS(=O)(=O)C2)cc1. The minimum Gasteiger partial charge on any atom is -0.488 e. The van der Waals surface area contributed by atoms with E-state index in [0.717, 1.165) is 5.56 Å². The number of carbonyl (C=O) groups is 1. The number of ether oxygens (including phenoxy) is 1. The van der Waals surface area contributed by atoms with Gasteiger partial charge in [0.1, 0.15) is 11.9 Å². The molecular weight excluding hydrogens is 280 g/mol. The van der Waals surface area contributed by atoms with Crippen molar-refractivity contribution in [3.63, 3.8) is 0 Å². The van der Waals surface area contributed by atoms with Crippen LogP contribution in [-0.2, 0) is 20.0 Å². The lowest BCUT2D eigenvalue weighted by Crippen LogP contribution is -2.45. The summed E-state index contributed by atoms with van der Waals surface area (Å²) in [5.74, 6) is -0.0896. The Kier molecular flexibility index (Phi) is 3.77. The van der Waals surface area contributed by atoms with E-state index >= 15 is 0 Å². The number of benzene rings is 1. The minimum atomic E-state index is -2.89. The molecule has 1 N–H and O–H groups in total. The van der Waals surface area contributed by atoms with E-state index < -0.39 is 21.2 Å². The Morgan fingerprint density at radius 2 is 1.85 bits per heavy atom. The highest BCUT2D eigenvalue weighted by Crippen LogP contribution is 2.29. The average molecular weight is 298 g/mol. The summed E-state index contributed by atoms with van der Waals surface area (Å²) in [5.41, 5.74) is 0.456. The Labute approximate surface area is 118 Å². The van der Waals surface area contributed by atoms with Crippen molar-refractivity contribution in [3.05, 3.63) is 29.8 Å². The third-order valence-corrected chi connectivity index (χ3v) is 5.17. The van der Waals surface area contributed by atoms with E-state index in [1.807, 2.05) is 26.0 Å². The normalized spacial score (nSPS) is 18.3. The number of carboxylic acid groups (broad SMARTS) is 1. The van der Waals surface area contributed by atoms with E-state index in [0.29, 0.717) is 5.75 Å². The van der Waals surface area contributed by atoms with Crippen LogP contribution < -0.4 is 4.74 Å². The van der Waals surface area contributed by atoms with Crippen LogP contribution in [0, 0.1) is 0 Å². The van der Waals surface area contributed by atoms with Gasteiger partial charge in [0.05, 0.1) is 17.9 Å². The van der Waals surface area contributed by atoms with Gasteiger partial charge in [-0.25, -0.2) is 8.42 Å². The van der Waals surface area contributed by atoms with Gasteiger partial charge in [-0.15, -0.1) is 0 Å². The van der Waals surface area contributed by atoms with Crippen LogP contribution in [0.15, 0.2) is 24.3 Å². The molecule has 0 saturated carbocycles. The molecule has 1 saturated heterocycles. The maximum Gasteiger partial charge on any atom is 0.304 e. The average Bonchev–Trinajstić information content (AvgIpc) is 2.25. The highest BCUT2D eigenvalue weighted by molar-refractivity contribution is 7.92. The smallest absolute Gasteiger partial charge is 0.304 e. The third-order valence-electron chi connectivity index (χ3n) is 3.41. The van der Waals surface area contributed by atoms with Gasteiger partial charge in [0, 0.05) is 5.41 Å². The fourth-order valence-corrected chi connectivity index (χ4v) is 3.41. The molecule has 0 aliphatic carbocycles. The molecule has 0 atom stereocenters. The summed E-state index contributed by atoms with van der Waals surface area (Å²) in [5, 5.41) is 8.89. The van der Waals surface area contributed by atoms with Crippen LogP contribution >= 0.6 is 0 Å². The van der Waals surface area contributed by atoms with Crippen LogP contribution in [0.1, 0.15) is 25.8 Å². The molecule has 0 bridgehead atoms. The van der Waals surface area contributed by atoms with Crippen LogP contribution in [-0.4, -0.2) is 37.1 Å². The molecule has 110 valence electrons. The van der Waals surface area contributed by atoms with E-state index in [-0.39, 0.29) is 24.0 Å². The molecule has 0 spiro atoms. The fourth-order valence-electron chi connectivity index (χ4n) is 2.24. The number of hydrogen-bond acceptors (Lipinski definition) is 4. The van der Waals surface area contributed by atoms with Gasteiger partial charge < -0.3 is 9.84 Å². The molecule has 1 aromatic rings. The summed E-state index contributed by atoms with van der Waals surface area (Å²) >= 11 is 0. The molecule has 0 radical (unpaired) electrons. The monoisotopic (exact) mass is 298 g/mol. The van der Waals surface area contributed by atoms with Crippen LogP contribution in [0.4, 0.5) is 0 Å². The molecule has 1 aliphatic rings. The Bertz CT molecular complexity index is 589. The molecular formula is C14H18O5S. The summed E-state index contributed by atoms with van der Waals surface area (Å²) < 4.78 is 27.6. The number of hydrogen-bond donors (Lipinski definition) is 1. The van der Waals surface area contributed by atoms with E-state index in [1.165, 1.54) is 0 Å². The van der Waals surface area contributed by atoms with Crippen molar-refractivity contribution < 1.29 is 23.1 Å². The van der Waals surface area contributed by atoms with Crippen molar-refractivity contribution in [2.45, 2.75) is 31.8 Å². The van der Waals surface area contributed by atoms with Gasteiger partial charge in [0.25, 0.3) is 0 Å². The first-order valence-corrected chi connectivity index (χ1v) is 8.19.